The normalized spacial score (nSPS) is 11.1. The van der Waals surface area contributed by atoms with Crippen LogP contribution in [0.4, 0.5) is 0 Å². The Hall–Kier alpha value is -5.05. The van der Waals surface area contributed by atoms with Gasteiger partial charge in [-0.1, -0.05) is 42.5 Å². The fourth-order valence-electron chi connectivity index (χ4n) is 4.69. The molecule has 0 spiro atoms. The van der Waals surface area contributed by atoms with Gasteiger partial charge in [-0.25, -0.2) is 9.78 Å². The van der Waals surface area contributed by atoms with E-state index in [0.29, 0.717) is 33.2 Å². The SMILES string of the molecule is COC(=O)c1cccc2[nH]c(C(=O)N(C)C)c(C(=O)c3ccc(Cn4c(C)nc5ccccc5c4=O)cc3)c12. The summed E-state index contributed by atoms with van der Waals surface area (Å²) in [7, 11) is 4.44. The molecule has 0 atom stereocenters. The van der Waals surface area contributed by atoms with Crippen LogP contribution in [-0.4, -0.2) is 58.3 Å². The Bertz CT molecular complexity index is 1830. The van der Waals surface area contributed by atoms with Crippen molar-refractivity contribution in [2.75, 3.05) is 21.2 Å². The maximum absolute atomic E-state index is 13.8. The van der Waals surface area contributed by atoms with Crippen LogP contribution in [-0.2, 0) is 11.3 Å². The molecule has 0 saturated heterocycles. The predicted molar refractivity (Wildman–Crippen MR) is 147 cm³/mol. The second-order valence-corrected chi connectivity index (χ2v) is 9.39. The minimum absolute atomic E-state index is 0.0878. The lowest BCUT2D eigenvalue weighted by atomic mass is 9.96. The highest BCUT2D eigenvalue weighted by Gasteiger charge is 2.28. The topological polar surface area (TPSA) is 114 Å². The molecule has 5 rings (SSSR count). The van der Waals surface area contributed by atoms with Crippen LogP contribution in [0.1, 0.15) is 48.2 Å². The summed E-state index contributed by atoms with van der Waals surface area (Å²) in [5.74, 6) is -0.854. The minimum atomic E-state index is -0.613. The standard InChI is InChI=1S/C30H26N4O5/c1-17-31-22-10-6-5-8-20(22)28(36)34(17)16-18-12-14-19(15-13-18)27(35)25-24-21(30(38)39-4)9-7-11-23(24)32-26(25)29(37)33(2)3/h5-15,32H,16H2,1-4H3. The van der Waals surface area contributed by atoms with Gasteiger partial charge in [0.05, 0.1) is 35.7 Å². The molecule has 0 aliphatic heterocycles. The predicted octanol–water partition coefficient (Wildman–Crippen LogP) is 3.95. The minimum Gasteiger partial charge on any atom is -0.465 e. The van der Waals surface area contributed by atoms with Crippen molar-refractivity contribution in [1.82, 2.24) is 19.4 Å². The summed E-state index contributed by atoms with van der Waals surface area (Å²) in [6, 6.07) is 18.9. The number of carbonyl (C=O) groups excluding carboxylic acids is 3. The van der Waals surface area contributed by atoms with Gasteiger partial charge in [-0.05, 0) is 36.8 Å². The molecule has 2 heterocycles. The number of esters is 1. The number of ether oxygens (including phenoxy) is 1. The first-order valence-electron chi connectivity index (χ1n) is 12.3. The number of methoxy groups -OCH3 is 1. The Morgan fingerprint density at radius 1 is 0.974 bits per heavy atom. The van der Waals surface area contributed by atoms with Crippen LogP contribution in [0.2, 0.25) is 0 Å². The molecule has 0 saturated carbocycles. The van der Waals surface area contributed by atoms with E-state index in [0.717, 1.165) is 5.56 Å². The Morgan fingerprint density at radius 2 is 1.69 bits per heavy atom. The van der Waals surface area contributed by atoms with Gasteiger partial charge in [0, 0.05) is 30.6 Å². The van der Waals surface area contributed by atoms with Gasteiger partial charge in [0.15, 0.2) is 5.78 Å². The van der Waals surface area contributed by atoms with Gasteiger partial charge in [0.2, 0.25) is 0 Å². The number of aromatic amines is 1. The van der Waals surface area contributed by atoms with E-state index in [1.54, 1.807) is 86.2 Å². The second kappa shape index (κ2) is 10.0. The number of amides is 1. The highest BCUT2D eigenvalue weighted by Crippen LogP contribution is 2.30. The first kappa shape index (κ1) is 25.6. The molecule has 0 aliphatic carbocycles. The van der Waals surface area contributed by atoms with Crippen LogP contribution in [0.3, 0.4) is 0 Å². The van der Waals surface area contributed by atoms with Gasteiger partial charge in [-0.3, -0.25) is 19.0 Å². The van der Waals surface area contributed by atoms with Crippen LogP contribution in [0.15, 0.2) is 71.5 Å². The number of carbonyl (C=O) groups is 3. The summed E-state index contributed by atoms with van der Waals surface area (Å²) in [4.78, 5) is 61.4. The molecule has 1 N–H and O–H groups in total. The van der Waals surface area contributed by atoms with Crippen molar-refractivity contribution in [1.29, 1.82) is 0 Å². The Morgan fingerprint density at radius 3 is 2.38 bits per heavy atom. The lowest BCUT2D eigenvalue weighted by Gasteiger charge is -2.12. The maximum Gasteiger partial charge on any atom is 0.338 e. The van der Waals surface area contributed by atoms with E-state index < -0.39 is 17.7 Å². The lowest BCUT2D eigenvalue weighted by molar-refractivity contribution is 0.0602. The Kier molecular flexibility index (Phi) is 6.57. The van der Waals surface area contributed by atoms with E-state index in [1.165, 1.54) is 12.0 Å². The van der Waals surface area contributed by atoms with Gasteiger partial charge in [-0.15, -0.1) is 0 Å². The molecule has 39 heavy (non-hydrogen) atoms. The molecule has 0 aliphatic rings. The van der Waals surface area contributed by atoms with Crippen molar-refractivity contribution in [3.8, 4) is 0 Å². The molecule has 0 unspecified atom stereocenters. The molecule has 0 fully saturated rings. The van der Waals surface area contributed by atoms with Gasteiger partial charge in [0.1, 0.15) is 11.5 Å². The summed E-state index contributed by atoms with van der Waals surface area (Å²) in [6.07, 6.45) is 0. The van der Waals surface area contributed by atoms with Crippen molar-refractivity contribution in [2.45, 2.75) is 13.5 Å². The second-order valence-electron chi connectivity index (χ2n) is 9.39. The van der Waals surface area contributed by atoms with E-state index in [2.05, 4.69) is 9.97 Å². The van der Waals surface area contributed by atoms with Crippen molar-refractivity contribution in [2.24, 2.45) is 0 Å². The first-order valence-corrected chi connectivity index (χ1v) is 12.3. The molecule has 9 heteroatoms. The number of nitrogens with zero attached hydrogens (tertiary/aromatic N) is 3. The van der Waals surface area contributed by atoms with Crippen LogP contribution in [0.5, 0.6) is 0 Å². The smallest absolute Gasteiger partial charge is 0.338 e. The third-order valence-corrected chi connectivity index (χ3v) is 6.69. The van der Waals surface area contributed by atoms with E-state index in [-0.39, 0.29) is 28.9 Å². The number of aromatic nitrogens is 3. The number of nitrogens with one attached hydrogen (secondary N) is 1. The molecule has 196 valence electrons. The zero-order chi connectivity index (χ0) is 27.8. The number of fused-ring (bicyclic) bond motifs is 2. The van der Waals surface area contributed by atoms with Gasteiger partial charge >= 0.3 is 5.97 Å². The molecule has 1 amide bonds. The summed E-state index contributed by atoms with van der Waals surface area (Å²) < 4.78 is 6.52. The lowest BCUT2D eigenvalue weighted by Crippen LogP contribution is -2.24. The number of hydrogen-bond donors (Lipinski definition) is 1. The zero-order valence-electron chi connectivity index (χ0n) is 21.9. The fourth-order valence-corrected chi connectivity index (χ4v) is 4.69. The number of benzene rings is 3. The molecule has 2 aromatic heterocycles. The maximum atomic E-state index is 13.8. The van der Waals surface area contributed by atoms with Crippen molar-refractivity contribution in [3.05, 3.63) is 111 Å². The third kappa shape index (κ3) is 4.48. The molecular formula is C30H26N4O5. The van der Waals surface area contributed by atoms with E-state index in [4.69, 9.17) is 4.74 Å². The average Bonchev–Trinajstić information content (AvgIpc) is 3.34. The highest BCUT2D eigenvalue weighted by molar-refractivity contribution is 6.24. The number of para-hydroxylation sites is 1. The molecule has 0 bridgehead atoms. The van der Waals surface area contributed by atoms with Gasteiger partial charge in [-0.2, -0.15) is 0 Å². The summed E-state index contributed by atoms with van der Waals surface area (Å²) in [5, 5.41) is 0.863. The van der Waals surface area contributed by atoms with Crippen molar-refractivity contribution >= 4 is 39.5 Å². The summed E-state index contributed by atoms with van der Waals surface area (Å²) in [5.41, 5.74) is 2.47. The monoisotopic (exact) mass is 522 g/mol. The van der Waals surface area contributed by atoms with Crippen LogP contribution < -0.4 is 5.56 Å². The van der Waals surface area contributed by atoms with Crippen LogP contribution in [0.25, 0.3) is 21.8 Å². The number of rotatable bonds is 6. The molecule has 0 radical (unpaired) electrons. The number of H-pyrrole nitrogens is 1. The van der Waals surface area contributed by atoms with E-state index in [9.17, 15) is 19.2 Å². The first-order chi connectivity index (χ1) is 18.7. The van der Waals surface area contributed by atoms with E-state index >= 15 is 0 Å². The molecule has 5 aromatic rings. The van der Waals surface area contributed by atoms with Crippen molar-refractivity contribution < 1.29 is 19.1 Å². The summed E-state index contributed by atoms with van der Waals surface area (Å²) in [6.45, 7) is 2.06. The Balaban J connectivity index is 1.56. The fraction of sp³-hybridized carbons (Fsp3) is 0.167. The molecular weight excluding hydrogens is 496 g/mol. The largest absolute Gasteiger partial charge is 0.465 e. The molecule has 3 aromatic carbocycles. The highest BCUT2D eigenvalue weighted by atomic mass is 16.5. The van der Waals surface area contributed by atoms with Gasteiger partial charge < -0.3 is 14.6 Å². The summed E-state index contributed by atoms with van der Waals surface area (Å²) >= 11 is 0. The number of hydrogen-bond acceptors (Lipinski definition) is 6. The Labute approximate surface area is 223 Å². The average molecular weight is 523 g/mol. The number of ketones is 1. The quantitative estimate of drug-likeness (QED) is 0.267. The van der Waals surface area contributed by atoms with Crippen LogP contribution in [0, 0.1) is 6.92 Å². The molecule has 9 nitrogen and oxygen atoms in total. The van der Waals surface area contributed by atoms with Crippen LogP contribution >= 0.6 is 0 Å². The third-order valence-electron chi connectivity index (χ3n) is 6.69. The van der Waals surface area contributed by atoms with E-state index in [1.807, 2.05) is 6.07 Å². The van der Waals surface area contributed by atoms with Crippen molar-refractivity contribution in [3.63, 3.8) is 0 Å². The number of aryl methyl sites for hydroxylation is 1. The zero-order valence-corrected chi connectivity index (χ0v) is 21.9. The van der Waals surface area contributed by atoms with Gasteiger partial charge in [0.25, 0.3) is 11.5 Å².